The molecule has 0 bridgehead atoms. The molecule has 0 radical (unpaired) electrons. The van der Waals surface area contributed by atoms with Crippen LogP contribution in [0, 0.1) is 0 Å². The Hall–Kier alpha value is -2.13. The summed E-state index contributed by atoms with van der Waals surface area (Å²) in [5, 5.41) is 11.7. The number of carboxylic acid groups (broad SMARTS) is 1. The van der Waals surface area contributed by atoms with Crippen LogP contribution in [-0.2, 0) is 16.6 Å². The lowest BCUT2D eigenvalue weighted by Crippen LogP contribution is -2.57. The molecule has 25 heavy (non-hydrogen) atoms. The molecule has 1 aromatic rings. The SMILES string of the molecule is CCS(=O)(=O)N1CCN(C(=O)NCc2ccc(C(=O)O)cc2)[C@H](C)C1. The summed E-state index contributed by atoms with van der Waals surface area (Å²) in [4.78, 5) is 24.8. The molecule has 138 valence electrons. The summed E-state index contributed by atoms with van der Waals surface area (Å²) < 4.78 is 25.3. The lowest BCUT2D eigenvalue weighted by atomic mass is 10.1. The Morgan fingerprint density at radius 2 is 1.88 bits per heavy atom. The number of carboxylic acids is 1. The van der Waals surface area contributed by atoms with Crippen LogP contribution in [0.5, 0.6) is 0 Å². The third kappa shape index (κ3) is 4.70. The molecular formula is C16H23N3O5S. The Balaban J connectivity index is 1.90. The normalized spacial score (nSPS) is 18.8. The maximum absolute atomic E-state index is 12.3. The topological polar surface area (TPSA) is 107 Å². The van der Waals surface area contributed by atoms with Crippen molar-refractivity contribution in [3.05, 3.63) is 35.4 Å². The third-order valence-corrected chi connectivity index (χ3v) is 6.10. The van der Waals surface area contributed by atoms with Gasteiger partial charge < -0.3 is 15.3 Å². The Morgan fingerprint density at radius 3 is 2.40 bits per heavy atom. The maximum atomic E-state index is 12.3. The number of rotatable bonds is 5. The van der Waals surface area contributed by atoms with E-state index in [2.05, 4.69) is 5.32 Å². The Labute approximate surface area is 147 Å². The second-order valence-electron chi connectivity index (χ2n) is 5.96. The van der Waals surface area contributed by atoms with Gasteiger partial charge in [-0.3, -0.25) is 0 Å². The van der Waals surface area contributed by atoms with Gasteiger partial charge in [-0.25, -0.2) is 18.0 Å². The van der Waals surface area contributed by atoms with Gasteiger partial charge >= 0.3 is 12.0 Å². The number of piperazine rings is 1. The Kier molecular flexibility index (Phi) is 6.02. The van der Waals surface area contributed by atoms with Gasteiger partial charge in [0.1, 0.15) is 0 Å². The van der Waals surface area contributed by atoms with Gasteiger partial charge in [0.25, 0.3) is 0 Å². The fraction of sp³-hybridized carbons (Fsp3) is 0.500. The van der Waals surface area contributed by atoms with Crippen LogP contribution >= 0.6 is 0 Å². The Bertz CT molecular complexity index is 733. The van der Waals surface area contributed by atoms with Gasteiger partial charge in [0.05, 0.1) is 11.3 Å². The zero-order chi connectivity index (χ0) is 18.6. The van der Waals surface area contributed by atoms with E-state index in [-0.39, 0.29) is 36.5 Å². The van der Waals surface area contributed by atoms with E-state index in [0.717, 1.165) is 5.56 Å². The molecule has 0 unspecified atom stereocenters. The molecule has 2 rings (SSSR count). The number of nitrogens with one attached hydrogen (secondary N) is 1. The highest BCUT2D eigenvalue weighted by atomic mass is 32.2. The van der Waals surface area contributed by atoms with E-state index < -0.39 is 16.0 Å². The highest BCUT2D eigenvalue weighted by molar-refractivity contribution is 7.89. The first-order valence-electron chi connectivity index (χ1n) is 8.09. The molecular weight excluding hydrogens is 346 g/mol. The second kappa shape index (κ2) is 7.83. The van der Waals surface area contributed by atoms with Crippen molar-refractivity contribution in [1.82, 2.24) is 14.5 Å². The van der Waals surface area contributed by atoms with Gasteiger partial charge in [0.2, 0.25) is 10.0 Å². The molecule has 0 spiro atoms. The molecule has 1 heterocycles. The van der Waals surface area contributed by atoms with Crippen molar-refractivity contribution in [2.75, 3.05) is 25.4 Å². The van der Waals surface area contributed by atoms with Crippen molar-refractivity contribution < 1.29 is 23.1 Å². The lowest BCUT2D eigenvalue weighted by molar-refractivity contribution is 0.0696. The fourth-order valence-electron chi connectivity index (χ4n) is 2.71. The molecule has 2 N–H and O–H groups in total. The summed E-state index contributed by atoms with van der Waals surface area (Å²) in [6.45, 7) is 4.62. The van der Waals surface area contributed by atoms with Crippen molar-refractivity contribution in [3.63, 3.8) is 0 Å². The molecule has 9 heteroatoms. The van der Waals surface area contributed by atoms with Gasteiger partial charge in [-0.2, -0.15) is 4.31 Å². The minimum absolute atomic E-state index is 0.0538. The number of hydrogen-bond donors (Lipinski definition) is 2. The number of urea groups is 1. The first-order chi connectivity index (χ1) is 11.7. The molecule has 8 nitrogen and oxygen atoms in total. The van der Waals surface area contributed by atoms with E-state index in [0.29, 0.717) is 13.1 Å². The van der Waals surface area contributed by atoms with Gasteiger partial charge in [-0.1, -0.05) is 12.1 Å². The summed E-state index contributed by atoms with van der Waals surface area (Å²) in [6.07, 6.45) is 0. The van der Waals surface area contributed by atoms with Crippen molar-refractivity contribution in [3.8, 4) is 0 Å². The summed E-state index contributed by atoms with van der Waals surface area (Å²) in [7, 11) is -3.24. The molecule has 1 fully saturated rings. The number of benzene rings is 1. The minimum Gasteiger partial charge on any atom is -0.478 e. The molecule has 1 aliphatic heterocycles. The third-order valence-electron chi connectivity index (χ3n) is 4.25. The van der Waals surface area contributed by atoms with Crippen LogP contribution in [0.1, 0.15) is 29.8 Å². The van der Waals surface area contributed by atoms with Gasteiger partial charge in [-0.15, -0.1) is 0 Å². The molecule has 1 aromatic carbocycles. The predicted octanol–water partition coefficient (Wildman–Crippen LogP) is 0.950. The molecule has 1 atom stereocenters. The van der Waals surface area contributed by atoms with Gasteiger partial charge in [0.15, 0.2) is 0 Å². The van der Waals surface area contributed by atoms with E-state index in [1.165, 1.54) is 16.4 Å². The van der Waals surface area contributed by atoms with Crippen molar-refractivity contribution in [2.24, 2.45) is 0 Å². The van der Waals surface area contributed by atoms with Crippen molar-refractivity contribution in [1.29, 1.82) is 0 Å². The lowest BCUT2D eigenvalue weighted by Gasteiger charge is -2.38. The largest absolute Gasteiger partial charge is 0.478 e. The highest BCUT2D eigenvalue weighted by Gasteiger charge is 2.32. The van der Waals surface area contributed by atoms with Crippen molar-refractivity contribution >= 4 is 22.0 Å². The van der Waals surface area contributed by atoms with Gasteiger partial charge in [0, 0.05) is 32.2 Å². The van der Waals surface area contributed by atoms with Crippen LogP contribution in [0.4, 0.5) is 4.79 Å². The number of carbonyl (C=O) groups is 2. The standard InChI is InChI=1S/C16H23N3O5S/c1-3-25(23,24)18-8-9-19(12(2)11-18)16(22)17-10-13-4-6-14(7-5-13)15(20)21/h4-7,12H,3,8-11H2,1-2H3,(H,17,22)(H,20,21)/t12-/m1/s1. The van der Waals surface area contributed by atoms with E-state index in [9.17, 15) is 18.0 Å². The zero-order valence-corrected chi connectivity index (χ0v) is 15.1. The smallest absolute Gasteiger partial charge is 0.335 e. The second-order valence-corrected chi connectivity index (χ2v) is 8.22. The predicted molar refractivity (Wildman–Crippen MR) is 92.8 cm³/mol. The van der Waals surface area contributed by atoms with E-state index in [1.807, 2.05) is 6.92 Å². The van der Waals surface area contributed by atoms with Crippen LogP contribution < -0.4 is 5.32 Å². The van der Waals surface area contributed by atoms with Crippen LogP contribution in [0.25, 0.3) is 0 Å². The van der Waals surface area contributed by atoms with Crippen LogP contribution in [0.15, 0.2) is 24.3 Å². The molecule has 0 saturated carbocycles. The molecule has 1 saturated heterocycles. The molecule has 0 aromatic heterocycles. The van der Waals surface area contributed by atoms with E-state index in [4.69, 9.17) is 5.11 Å². The monoisotopic (exact) mass is 369 g/mol. The average Bonchev–Trinajstić information content (AvgIpc) is 2.59. The number of sulfonamides is 1. The fourth-order valence-corrected chi connectivity index (χ4v) is 3.87. The van der Waals surface area contributed by atoms with Crippen LogP contribution in [0.3, 0.4) is 0 Å². The number of carbonyl (C=O) groups excluding carboxylic acids is 1. The molecule has 2 amide bonds. The average molecular weight is 369 g/mol. The summed E-state index contributed by atoms with van der Waals surface area (Å²) >= 11 is 0. The summed E-state index contributed by atoms with van der Waals surface area (Å²) in [6, 6.07) is 5.80. The molecule has 0 aliphatic carbocycles. The summed E-state index contributed by atoms with van der Waals surface area (Å²) in [5.41, 5.74) is 0.982. The Morgan fingerprint density at radius 1 is 1.24 bits per heavy atom. The van der Waals surface area contributed by atoms with Crippen LogP contribution in [-0.4, -0.2) is 66.2 Å². The minimum atomic E-state index is -3.24. The maximum Gasteiger partial charge on any atom is 0.335 e. The number of amides is 2. The number of aromatic carboxylic acids is 1. The quantitative estimate of drug-likeness (QED) is 0.804. The number of hydrogen-bond acceptors (Lipinski definition) is 4. The van der Waals surface area contributed by atoms with Gasteiger partial charge in [-0.05, 0) is 31.5 Å². The number of nitrogens with zero attached hydrogens (tertiary/aromatic N) is 2. The van der Waals surface area contributed by atoms with E-state index >= 15 is 0 Å². The summed E-state index contributed by atoms with van der Waals surface area (Å²) in [5.74, 6) is -0.942. The van der Waals surface area contributed by atoms with Crippen LogP contribution in [0.2, 0.25) is 0 Å². The molecule has 1 aliphatic rings. The van der Waals surface area contributed by atoms with E-state index in [1.54, 1.807) is 24.0 Å². The first kappa shape index (κ1) is 19.2. The highest BCUT2D eigenvalue weighted by Crippen LogP contribution is 2.14. The van der Waals surface area contributed by atoms with Crippen molar-refractivity contribution in [2.45, 2.75) is 26.4 Å². The first-order valence-corrected chi connectivity index (χ1v) is 9.70. The zero-order valence-electron chi connectivity index (χ0n) is 14.3.